The first-order valence-electron chi connectivity index (χ1n) is 6.14. The van der Waals surface area contributed by atoms with Crippen LogP contribution >= 0.6 is 27.3 Å². The Hall–Kier alpha value is -1.14. The van der Waals surface area contributed by atoms with Crippen LogP contribution < -0.4 is 10.1 Å². The topological polar surface area (TPSA) is 47.0 Å². The molecule has 2 aromatic rings. The van der Waals surface area contributed by atoms with Gasteiger partial charge in [0.2, 0.25) is 5.13 Å². The van der Waals surface area contributed by atoms with Crippen LogP contribution in [-0.2, 0) is 6.61 Å². The molecule has 1 heterocycles. The fourth-order valence-corrected chi connectivity index (χ4v) is 2.50. The predicted molar refractivity (Wildman–Crippen MR) is 81.9 cm³/mol. The van der Waals surface area contributed by atoms with Crippen molar-refractivity contribution < 1.29 is 4.74 Å². The predicted octanol–water partition coefficient (Wildman–Crippen LogP) is 4.01. The lowest BCUT2D eigenvalue weighted by Gasteiger charge is -2.07. The number of nitrogens with one attached hydrogen (secondary N) is 1. The van der Waals surface area contributed by atoms with Crippen molar-refractivity contribution in [3.8, 4) is 5.75 Å². The highest BCUT2D eigenvalue weighted by Gasteiger charge is 2.06. The molecule has 1 aromatic carbocycles. The first kappa shape index (κ1) is 14.3. The highest BCUT2D eigenvalue weighted by atomic mass is 79.9. The molecule has 0 saturated heterocycles. The van der Waals surface area contributed by atoms with E-state index in [-0.39, 0.29) is 0 Å². The molecule has 0 aliphatic carbocycles. The van der Waals surface area contributed by atoms with Gasteiger partial charge in [0.15, 0.2) is 5.01 Å². The maximum atomic E-state index is 5.77. The fraction of sp³-hybridized carbons (Fsp3) is 0.385. The van der Waals surface area contributed by atoms with Gasteiger partial charge in [-0.15, -0.1) is 10.2 Å². The van der Waals surface area contributed by atoms with Crippen molar-refractivity contribution in [2.45, 2.75) is 26.9 Å². The van der Waals surface area contributed by atoms with E-state index in [9.17, 15) is 0 Å². The minimum atomic E-state index is 0.447. The first-order valence-corrected chi connectivity index (χ1v) is 7.75. The van der Waals surface area contributed by atoms with Crippen LogP contribution in [0.3, 0.4) is 0 Å². The SMILES string of the molecule is CCCNc1nnc(COc2cc(Br)ccc2C)s1. The third-order valence-electron chi connectivity index (χ3n) is 2.49. The zero-order valence-electron chi connectivity index (χ0n) is 10.9. The molecule has 0 atom stereocenters. The van der Waals surface area contributed by atoms with Crippen molar-refractivity contribution in [3.63, 3.8) is 0 Å². The van der Waals surface area contributed by atoms with Crippen LogP contribution in [0, 0.1) is 6.92 Å². The Morgan fingerprint density at radius 2 is 2.21 bits per heavy atom. The zero-order chi connectivity index (χ0) is 13.7. The van der Waals surface area contributed by atoms with Gasteiger partial charge in [-0.2, -0.15) is 0 Å². The first-order chi connectivity index (χ1) is 9.19. The van der Waals surface area contributed by atoms with Crippen molar-refractivity contribution >= 4 is 32.4 Å². The highest BCUT2D eigenvalue weighted by molar-refractivity contribution is 9.10. The summed E-state index contributed by atoms with van der Waals surface area (Å²) in [6.45, 7) is 5.51. The average molecular weight is 342 g/mol. The Balaban J connectivity index is 1.94. The second-order valence-electron chi connectivity index (χ2n) is 4.13. The molecule has 6 heteroatoms. The summed E-state index contributed by atoms with van der Waals surface area (Å²) in [6.07, 6.45) is 1.07. The van der Waals surface area contributed by atoms with Crippen LogP contribution in [0.1, 0.15) is 23.9 Å². The highest BCUT2D eigenvalue weighted by Crippen LogP contribution is 2.24. The maximum Gasteiger partial charge on any atom is 0.205 e. The lowest BCUT2D eigenvalue weighted by molar-refractivity contribution is 0.302. The Morgan fingerprint density at radius 3 is 3.00 bits per heavy atom. The second-order valence-corrected chi connectivity index (χ2v) is 6.10. The summed E-state index contributed by atoms with van der Waals surface area (Å²) in [5.41, 5.74) is 1.11. The van der Waals surface area contributed by atoms with Crippen molar-refractivity contribution in [3.05, 3.63) is 33.2 Å². The molecule has 1 N–H and O–H groups in total. The maximum absolute atomic E-state index is 5.77. The second kappa shape index (κ2) is 6.86. The Kier molecular flexibility index (Phi) is 5.15. The molecule has 0 aliphatic rings. The molecule has 0 spiro atoms. The van der Waals surface area contributed by atoms with Gasteiger partial charge in [-0.05, 0) is 31.0 Å². The molecule has 0 radical (unpaired) electrons. The molecule has 19 heavy (non-hydrogen) atoms. The van der Waals surface area contributed by atoms with Crippen LogP contribution in [0.15, 0.2) is 22.7 Å². The molecule has 0 fully saturated rings. The minimum Gasteiger partial charge on any atom is -0.486 e. The summed E-state index contributed by atoms with van der Waals surface area (Å²) >= 11 is 4.97. The van der Waals surface area contributed by atoms with Crippen molar-refractivity contribution in [2.75, 3.05) is 11.9 Å². The molecule has 102 valence electrons. The van der Waals surface area contributed by atoms with Gasteiger partial charge in [-0.25, -0.2) is 0 Å². The van der Waals surface area contributed by atoms with Gasteiger partial charge >= 0.3 is 0 Å². The molecule has 0 saturated carbocycles. The van der Waals surface area contributed by atoms with Gasteiger partial charge in [0.25, 0.3) is 0 Å². The van der Waals surface area contributed by atoms with E-state index < -0.39 is 0 Å². The Bertz CT molecular complexity index is 544. The number of ether oxygens (including phenoxy) is 1. The van der Waals surface area contributed by atoms with Gasteiger partial charge in [0.05, 0.1) is 0 Å². The number of halogens is 1. The third kappa shape index (κ3) is 4.18. The molecule has 4 nitrogen and oxygen atoms in total. The number of nitrogens with zero attached hydrogens (tertiary/aromatic N) is 2. The summed E-state index contributed by atoms with van der Waals surface area (Å²) < 4.78 is 6.78. The molecule has 0 amide bonds. The summed E-state index contributed by atoms with van der Waals surface area (Å²) in [7, 11) is 0. The smallest absolute Gasteiger partial charge is 0.205 e. The van der Waals surface area contributed by atoms with Crippen LogP contribution in [0.4, 0.5) is 5.13 Å². The number of aromatic nitrogens is 2. The average Bonchev–Trinajstić information content (AvgIpc) is 2.85. The lowest BCUT2D eigenvalue weighted by atomic mass is 10.2. The normalized spacial score (nSPS) is 10.5. The van der Waals surface area contributed by atoms with Gasteiger partial charge in [0, 0.05) is 11.0 Å². The summed E-state index contributed by atoms with van der Waals surface area (Å²) in [4.78, 5) is 0. The number of hydrogen-bond donors (Lipinski definition) is 1. The van der Waals surface area contributed by atoms with Gasteiger partial charge in [-0.3, -0.25) is 0 Å². The summed E-state index contributed by atoms with van der Waals surface area (Å²) in [5, 5.41) is 13.1. The number of benzene rings is 1. The van der Waals surface area contributed by atoms with Crippen LogP contribution in [0.5, 0.6) is 5.75 Å². The van der Waals surface area contributed by atoms with E-state index >= 15 is 0 Å². The number of anilines is 1. The molecule has 0 aliphatic heterocycles. The van der Waals surface area contributed by atoms with E-state index in [0.29, 0.717) is 6.61 Å². The van der Waals surface area contributed by atoms with Crippen LogP contribution in [0.2, 0.25) is 0 Å². The summed E-state index contributed by atoms with van der Waals surface area (Å²) in [6, 6.07) is 5.99. The quantitative estimate of drug-likeness (QED) is 0.862. The molecule has 1 aromatic heterocycles. The Labute approximate surface area is 125 Å². The third-order valence-corrected chi connectivity index (χ3v) is 3.84. The largest absolute Gasteiger partial charge is 0.486 e. The minimum absolute atomic E-state index is 0.447. The summed E-state index contributed by atoms with van der Waals surface area (Å²) in [5.74, 6) is 0.868. The van der Waals surface area contributed by atoms with E-state index in [0.717, 1.165) is 38.9 Å². The molecule has 2 rings (SSSR count). The van der Waals surface area contributed by atoms with Crippen LogP contribution in [-0.4, -0.2) is 16.7 Å². The van der Waals surface area contributed by atoms with E-state index in [1.165, 1.54) is 11.3 Å². The standard InChI is InChI=1S/C13H16BrN3OS/c1-3-6-15-13-17-16-12(19-13)8-18-11-7-10(14)5-4-9(11)2/h4-5,7H,3,6,8H2,1-2H3,(H,15,17). The molecule has 0 unspecified atom stereocenters. The number of aryl methyl sites for hydroxylation is 1. The van der Waals surface area contributed by atoms with E-state index in [2.05, 4.69) is 38.4 Å². The molecule has 0 bridgehead atoms. The van der Waals surface area contributed by atoms with Crippen molar-refractivity contribution in [2.24, 2.45) is 0 Å². The van der Waals surface area contributed by atoms with E-state index in [1.807, 2.05) is 25.1 Å². The molecular weight excluding hydrogens is 326 g/mol. The lowest BCUT2D eigenvalue weighted by Crippen LogP contribution is -1.98. The zero-order valence-corrected chi connectivity index (χ0v) is 13.3. The van der Waals surface area contributed by atoms with E-state index in [4.69, 9.17) is 4.74 Å². The number of hydrogen-bond acceptors (Lipinski definition) is 5. The molecular formula is C13H16BrN3OS. The Morgan fingerprint density at radius 1 is 1.37 bits per heavy atom. The fourth-order valence-electron chi connectivity index (χ4n) is 1.48. The monoisotopic (exact) mass is 341 g/mol. The number of rotatable bonds is 6. The van der Waals surface area contributed by atoms with E-state index in [1.54, 1.807) is 0 Å². The van der Waals surface area contributed by atoms with Gasteiger partial charge < -0.3 is 10.1 Å². The van der Waals surface area contributed by atoms with Crippen molar-refractivity contribution in [1.29, 1.82) is 0 Å². The van der Waals surface area contributed by atoms with Crippen molar-refractivity contribution in [1.82, 2.24) is 10.2 Å². The van der Waals surface area contributed by atoms with Gasteiger partial charge in [-0.1, -0.05) is 40.3 Å². The van der Waals surface area contributed by atoms with Crippen LogP contribution in [0.25, 0.3) is 0 Å². The van der Waals surface area contributed by atoms with Gasteiger partial charge in [0.1, 0.15) is 12.4 Å².